The van der Waals surface area contributed by atoms with Gasteiger partial charge in [0.1, 0.15) is 5.01 Å². The predicted molar refractivity (Wildman–Crippen MR) is 75.6 cm³/mol. The summed E-state index contributed by atoms with van der Waals surface area (Å²) < 4.78 is 0. The molecule has 110 valence electrons. The van der Waals surface area contributed by atoms with Crippen molar-refractivity contribution in [2.75, 3.05) is 13.1 Å². The summed E-state index contributed by atoms with van der Waals surface area (Å²) in [4.78, 5) is 29.1. The molecule has 0 saturated carbocycles. The third-order valence-corrected chi connectivity index (χ3v) is 4.79. The van der Waals surface area contributed by atoms with E-state index in [-0.39, 0.29) is 12.1 Å². The molecule has 0 aliphatic carbocycles. The molecule has 0 spiro atoms. The molecule has 1 aromatic rings. The molecule has 1 saturated heterocycles. The molecule has 2 N–H and O–H groups in total. The van der Waals surface area contributed by atoms with Crippen LogP contribution in [0.25, 0.3) is 0 Å². The second-order valence-corrected chi connectivity index (χ2v) is 6.32. The Morgan fingerprint density at radius 2 is 2.15 bits per heavy atom. The van der Waals surface area contributed by atoms with Crippen LogP contribution in [0.2, 0.25) is 0 Å². The zero-order valence-corrected chi connectivity index (χ0v) is 12.4. The largest absolute Gasteiger partial charge is 0.481 e. The van der Waals surface area contributed by atoms with E-state index >= 15 is 0 Å². The van der Waals surface area contributed by atoms with E-state index < -0.39 is 11.4 Å². The van der Waals surface area contributed by atoms with Crippen LogP contribution < -0.4 is 5.32 Å². The van der Waals surface area contributed by atoms with Gasteiger partial charge in [0.15, 0.2) is 0 Å². The first-order valence-electron chi connectivity index (χ1n) is 6.60. The molecule has 0 bridgehead atoms. The van der Waals surface area contributed by atoms with Gasteiger partial charge in [-0.15, -0.1) is 11.3 Å². The number of carbonyl (C=O) groups excluding carboxylic acids is 1. The van der Waals surface area contributed by atoms with Crippen LogP contribution in [0.1, 0.15) is 37.7 Å². The second kappa shape index (κ2) is 5.78. The smallest absolute Gasteiger partial charge is 0.317 e. The summed E-state index contributed by atoms with van der Waals surface area (Å²) in [6.45, 7) is 4.57. The average molecular weight is 297 g/mol. The molecule has 1 atom stereocenters. The second-order valence-electron chi connectivity index (χ2n) is 5.39. The van der Waals surface area contributed by atoms with Crippen LogP contribution in [-0.2, 0) is 4.79 Å². The number of thiazole rings is 1. The van der Waals surface area contributed by atoms with Crippen LogP contribution in [-0.4, -0.2) is 40.1 Å². The molecule has 1 unspecified atom stereocenters. The van der Waals surface area contributed by atoms with Gasteiger partial charge in [-0.05, 0) is 26.7 Å². The van der Waals surface area contributed by atoms with Crippen molar-refractivity contribution >= 4 is 23.3 Å². The molecular formula is C13H19N3O3S. The zero-order chi connectivity index (χ0) is 14.8. The maximum atomic E-state index is 12.1. The van der Waals surface area contributed by atoms with E-state index in [1.807, 2.05) is 12.3 Å². The number of amides is 2. The summed E-state index contributed by atoms with van der Waals surface area (Å²) in [6.07, 6.45) is 2.69. The van der Waals surface area contributed by atoms with Gasteiger partial charge in [0.05, 0.1) is 11.5 Å². The molecule has 0 aromatic carbocycles. The number of aromatic nitrogens is 1. The average Bonchev–Trinajstić information content (AvgIpc) is 2.93. The van der Waals surface area contributed by atoms with Crippen LogP contribution >= 0.6 is 11.3 Å². The van der Waals surface area contributed by atoms with Crippen molar-refractivity contribution in [2.45, 2.75) is 32.7 Å². The van der Waals surface area contributed by atoms with Gasteiger partial charge < -0.3 is 15.3 Å². The number of hydrogen-bond acceptors (Lipinski definition) is 4. The van der Waals surface area contributed by atoms with Crippen molar-refractivity contribution in [1.82, 2.24) is 15.2 Å². The summed E-state index contributed by atoms with van der Waals surface area (Å²) in [5.74, 6) is -0.784. The molecule has 7 heteroatoms. The predicted octanol–water partition coefficient (Wildman–Crippen LogP) is 2.10. The van der Waals surface area contributed by atoms with Crippen molar-refractivity contribution in [1.29, 1.82) is 0 Å². The standard InChI is InChI=1S/C13H19N3O3S/c1-9(10-14-5-8-20-10)15-12(19)16-6-3-13(2,4-7-16)11(17)18/h5,8-9H,3-4,6-7H2,1-2H3,(H,15,19)(H,17,18). The van der Waals surface area contributed by atoms with Crippen molar-refractivity contribution in [3.8, 4) is 0 Å². The monoisotopic (exact) mass is 297 g/mol. The fourth-order valence-electron chi connectivity index (χ4n) is 2.20. The Labute approximate surface area is 121 Å². The van der Waals surface area contributed by atoms with E-state index in [4.69, 9.17) is 5.11 Å². The number of carboxylic acid groups (broad SMARTS) is 1. The molecule has 20 heavy (non-hydrogen) atoms. The number of urea groups is 1. The van der Waals surface area contributed by atoms with Crippen molar-refractivity contribution in [2.24, 2.45) is 5.41 Å². The molecule has 1 fully saturated rings. The van der Waals surface area contributed by atoms with Gasteiger partial charge in [-0.25, -0.2) is 9.78 Å². The fourth-order valence-corrected chi connectivity index (χ4v) is 2.85. The van der Waals surface area contributed by atoms with E-state index in [2.05, 4.69) is 10.3 Å². The van der Waals surface area contributed by atoms with Gasteiger partial charge in [0, 0.05) is 24.7 Å². The Bertz CT molecular complexity index is 481. The van der Waals surface area contributed by atoms with Crippen LogP contribution in [0, 0.1) is 5.41 Å². The van der Waals surface area contributed by atoms with Crippen LogP contribution in [0.15, 0.2) is 11.6 Å². The number of likely N-dealkylation sites (tertiary alicyclic amines) is 1. The van der Waals surface area contributed by atoms with E-state index in [0.717, 1.165) is 5.01 Å². The van der Waals surface area contributed by atoms with E-state index in [9.17, 15) is 9.59 Å². The summed E-state index contributed by atoms with van der Waals surface area (Å²) in [6, 6.07) is -0.282. The number of piperidine rings is 1. The van der Waals surface area contributed by atoms with E-state index in [1.54, 1.807) is 18.0 Å². The van der Waals surface area contributed by atoms with Crippen LogP contribution in [0.4, 0.5) is 4.79 Å². The summed E-state index contributed by atoms with van der Waals surface area (Å²) in [5, 5.41) is 14.8. The Balaban J connectivity index is 1.88. The Kier molecular flexibility index (Phi) is 4.27. The highest BCUT2D eigenvalue weighted by atomic mass is 32.1. The molecule has 2 heterocycles. The molecule has 2 rings (SSSR count). The molecule has 6 nitrogen and oxygen atoms in total. The summed E-state index contributed by atoms with van der Waals surface area (Å²) in [7, 11) is 0. The minimum atomic E-state index is -0.784. The lowest BCUT2D eigenvalue weighted by atomic mass is 9.80. The minimum absolute atomic E-state index is 0.129. The van der Waals surface area contributed by atoms with Gasteiger partial charge >= 0.3 is 12.0 Å². The zero-order valence-electron chi connectivity index (χ0n) is 11.6. The molecular weight excluding hydrogens is 278 g/mol. The summed E-state index contributed by atoms with van der Waals surface area (Å²) in [5.41, 5.74) is -0.711. The van der Waals surface area contributed by atoms with E-state index in [0.29, 0.717) is 25.9 Å². The minimum Gasteiger partial charge on any atom is -0.481 e. The molecule has 2 amide bonds. The first kappa shape index (κ1) is 14.8. The van der Waals surface area contributed by atoms with Crippen molar-refractivity contribution < 1.29 is 14.7 Å². The van der Waals surface area contributed by atoms with Gasteiger partial charge in [0.2, 0.25) is 0 Å². The van der Waals surface area contributed by atoms with Crippen molar-refractivity contribution in [3.63, 3.8) is 0 Å². The highest BCUT2D eigenvalue weighted by molar-refractivity contribution is 7.09. The van der Waals surface area contributed by atoms with Gasteiger partial charge in [-0.2, -0.15) is 0 Å². The molecule has 1 aliphatic rings. The van der Waals surface area contributed by atoms with Gasteiger partial charge in [-0.1, -0.05) is 0 Å². The van der Waals surface area contributed by atoms with E-state index in [1.165, 1.54) is 11.3 Å². The maximum Gasteiger partial charge on any atom is 0.317 e. The highest BCUT2D eigenvalue weighted by Crippen LogP contribution is 2.31. The topological polar surface area (TPSA) is 82.5 Å². The number of nitrogens with zero attached hydrogens (tertiary/aromatic N) is 2. The van der Waals surface area contributed by atoms with Gasteiger partial charge in [0.25, 0.3) is 0 Å². The lowest BCUT2D eigenvalue weighted by molar-refractivity contribution is -0.150. The first-order valence-corrected chi connectivity index (χ1v) is 7.48. The molecule has 0 radical (unpaired) electrons. The Hall–Kier alpha value is -1.63. The number of carboxylic acids is 1. The number of hydrogen-bond donors (Lipinski definition) is 2. The third-order valence-electron chi connectivity index (χ3n) is 3.83. The molecule has 1 aliphatic heterocycles. The highest BCUT2D eigenvalue weighted by Gasteiger charge is 2.38. The van der Waals surface area contributed by atoms with Crippen molar-refractivity contribution in [3.05, 3.63) is 16.6 Å². The quantitative estimate of drug-likeness (QED) is 0.895. The van der Waals surface area contributed by atoms with Crippen LogP contribution in [0.5, 0.6) is 0 Å². The normalized spacial score (nSPS) is 19.4. The van der Waals surface area contributed by atoms with Gasteiger partial charge in [-0.3, -0.25) is 4.79 Å². The lowest BCUT2D eigenvalue weighted by Gasteiger charge is -2.36. The number of rotatable bonds is 3. The number of aliphatic carboxylic acids is 1. The Morgan fingerprint density at radius 3 is 2.65 bits per heavy atom. The Morgan fingerprint density at radius 1 is 1.50 bits per heavy atom. The maximum absolute atomic E-state index is 12.1. The lowest BCUT2D eigenvalue weighted by Crippen LogP contribution is -2.49. The van der Waals surface area contributed by atoms with Crippen LogP contribution in [0.3, 0.4) is 0 Å². The summed E-state index contributed by atoms with van der Waals surface area (Å²) >= 11 is 1.50. The first-order chi connectivity index (χ1) is 9.42. The number of nitrogens with one attached hydrogen (secondary N) is 1. The molecule has 1 aromatic heterocycles. The SMILES string of the molecule is CC(NC(=O)N1CCC(C)(C(=O)O)CC1)c1nccs1. The number of carbonyl (C=O) groups is 2. The third kappa shape index (κ3) is 3.09. The fraction of sp³-hybridized carbons (Fsp3) is 0.615.